The fourth-order valence-corrected chi connectivity index (χ4v) is 1.98. The first-order valence-electron chi connectivity index (χ1n) is 6.75. The smallest absolute Gasteiger partial charge is 0.264 e. The van der Waals surface area contributed by atoms with Gasteiger partial charge in [0.2, 0.25) is 6.10 Å². The second-order valence-corrected chi connectivity index (χ2v) is 5.18. The number of hydrogen-bond acceptors (Lipinski definition) is 4. The normalized spacial score (nSPS) is 17.6. The molecule has 2 rings (SSSR count). The third-order valence-electron chi connectivity index (χ3n) is 3.06. The number of carbonyl (C=O) groups excluding carboxylic acids is 1. The SMILES string of the molecule is COc1ccccc1C1=NO[C@@H](C(=O)NCC(C)C)C1. The Morgan fingerprint density at radius 3 is 2.95 bits per heavy atom. The Kier molecular flexibility index (Phi) is 4.61. The number of rotatable bonds is 5. The number of hydrogen-bond donors (Lipinski definition) is 1. The van der Waals surface area contributed by atoms with Gasteiger partial charge in [0.25, 0.3) is 5.91 Å². The molecule has 0 bridgehead atoms. The van der Waals surface area contributed by atoms with Gasteiger partial charge < -0.3 is 14.9 Å². The van der Waals surface area contributed by atoms with Gasteiger partial charge in [-0.25, -0.2) is 0 Å². The van der Waals surface area contributed by atoms with Crippen LogP contribution in [0, 0.1) is 5.92 Å². The average molecular weight is 276 g/mol. The van der Waals surface area contributed by atoms with E-state index in [0.717, 1.165) is 17.0 Å². The number of methoxy groups -OCH3 is 1. The molecule has 1 amide bonds. The molecule has 0 aromatic heterocycles. The summed E-state index contributed by atoms with van der Waals surface area (Å²) in [5, 5.41) is 6.88. The number of oxime groups is 1. The maximum absolute atomic E-state index is 11.9. The predicted octanol–water partition coefficient (Wildman–Crippen LogP) is 1.96. The van der Waals surface area contributed by atoms with E-state index in [0.29, 0.717) is 18.9 Å². The topological polar surface area (TPSA) is 59.9 Å². The molecule has 0 saturated carbocycles. The van der Waals surface area contributed by atoms with Crippen LogP contribution in [0.1, 0.15) is 25.8 Å². The molecule has 1 atom stereocenters. The maximum Gasteiger partial charge on any atom is 0.264 e. The summed E-state index contributed by atoms with van der Waals surface area (Å²) >= 11 is 0. The first-order valence-corrected chi connectivity index (χ1v) is 6.75. The lowest BCUT2D eigenvalue weighted by atomic mass is 10.0. The Hall–Kier alpha value is -2.04. The summed E-state index contributed by atoms with van der Waals surface area (Å²) < 4.78 is 5.30. The summed E-state index contributed by atoms with van der Waals surface area (Å²) in [4.78, 5) is 17.2. The second kappa shape index (κ2) is 6.41. The highest BCUT2D eigenvalue weighted by Crippen LogP contribution is 2.24. The summed E-state index contributed by atoms with van der Waals surface area (Å²) in [7, 11) is 1.61. The van der Waals surface area contributed by atoms with E-state index in [1.807, 2.05) is 38.1 Å². The molecule has 5 nitrogen and oxygen atoms in total. The Labute approximate surface area is 118 Å². The van der Waals surface area contributed by atoms with Gasteiger partial charge in [-0.3, -0.25) is 4.79 Å². The van der Waals surface area contributed by atoms with Crippen LogP contribution < -0.4 is 10.1 Å². The van der Waals surface area contributed by atoms with Crippen LogP contribution >= 0.6 is 0 Å². The van der Waals surface area contributed by atoms with Crippen LogP contribution in [-0.2, 0) is 9.63 Å². The van der Waals surface area contributed by atoms with E-state index in [4.69, 9.17) is 9.57 Å². The van der Waals surface area contributed by atoms with Gasteiger partial charge >= 0.3 is 0 Å². The van der Waals surface area contributed by atoms with Crippen molar-refractivity contribution in [3.8, 4) is 5.75 Å². The fourth-order valence-electron chi connectivity index (χ4n) is 1.98. The molecule has 20 heavy (non-hydrogen) atoms. The van der Waals surface area contributed by atoms with Crippen molar-refractivity contribution >= 4 is 11.6 Å². The number of nitrogens with one attached hydrogen (secondary N) is 1. The quantitative estimate of drug-likeness (QED) is 0.894. The van der Waals surface area contributed by atoms with E-state index in [1.165, 1.54) is 0 Å². The van der Waals surface area contributed by atoms with Gasteiger partial charge in [-0.05, 0) is 18.1 Å². The first kappa shape index (κ1) is 14.4. The summed E-state index contributed by atoms with van der Waals surface area (Å²) in [5.41, 5.74) is 1.61. The van der Waals surface area contributed by atoms with Crippen LogP contribution in [0.5, 0.6) is 5.75 Å². The predicted molar refractivity (Wildman–Crippen MR) is 76.9 cm³/mol. The highest BCUT2D eigenvalue weighted by atomic mass is 16.6. The van der Waals surface area contributed by atoms with Gasteiger partial charge in [0.15, 0.2) is 0 Å². The molecule has 0 spiro atoms. The number of ether oxygens (including phenoxy) is 1. The minimum absolute atomic E-state index is 0.118. The summed E-state index contributed by atoms with van der Waals surface area (Å²) in [5.74, 6) is 1.03. The molecule has 0 fully saturated rings. The van der Waals surface area contributed by atoms with Crippen molar-refractivity contribution in [2.24, 2.45) is 11.1 Å². The van der Waals surface area contributed by atoms with E-state index in [1.54, 1.807) is 7.11 Å². The minimum Gasteiger partial charge on any atom is -0.496 e. The fraction of sp³-hybridized carbons (Fsp3) is 0.467. The molecule has 1 aromatic rings. The number of para-hydroxylation sites is 1. The molecule has 1 aliphatic heterocycles. The first-order chi connectivity index (χ1) is 9.61. The van der Waals surface area contributed by atoms with E-state index in [9.17, 15) is 4.79 Å². The summed E-state index contributed by atoms with van der Waals surface area (Å²) in [6.07, 6.45) is -0.0849. The number of carbonyl (C=O) groups is 1. The van der Waals surface area contributed by atoms with Crippen molar-refractivity contribution in [2.75, 3.05) is 13.7 Å². The number of benzene rings is 1. The molecule has 5 heteroatoms. The molecule has 1 N–H and O–H groups in total. The standard InChI is InChI=1S/C15H20N2O3/c1-10(2)9-16-15(18)14-8-12(17-20-14)11-6-4-5-7-13(11)19-3/h4-7,10,14H,8-9H2,1-3H3,(H,16,18)/t14-/m1/s1. The van der Waals surface area contributed by atoms with Crippen molar-refractivity contribution in [1.82, 2.24) is 5.32 Å². The van der Waals surface area contributed by atoms with Crippen molar-refractivity contribution < 1.29 is 14.4 Å². The third-order valence-corrected chi connectivity index (χ3v) is 3.06. The highest BCUT2D eigenvalue weighted by molar-refractivity contribution is 6.05. The second-order valence-electron chi connectivity index (χ2n) is 5.18. The van der Waals surface area contributed by atoms with E-state index in [-0.39, 0.29) is 5.91 Å². The lowest BCUT2D eigenvalue weighted by molar-refractivity contribution is -0.131. The molecule has 0 radical (unpaired) electrons. The average Bonchev–Trinajstić information content (AvgIpc) is 2.94. The highest BCUT2D eigenvalue weighted by Gasteiger charge is 2.29. The third kappa shape index (κ3) is 3.29. The van der Waals surface area contributed by atoms with E-state index < -0.39 is 6.10 Å². The molecule has 0 aliphatic carbocycles. The van der Waals surface area contributed by atoms with Crippen molar-refractivity contribution in [3.63, 3.8) is 0 Å². The van der Waals surface area contributed by atoms with Gasteiger partial charge in [-0.2, -0.15) is 0 Å². The lowest BCUT2D eigenvalue weighted by Crippen LogP contribution is -2.36. The van der Waals surface area contributed by atoms with Gasteiger partial charge in [-0.15, -0.1) is 0 Å². The van der Waals surface area contributed by atoms with Crippen molar-refractivity contribution in [3.05, 3.63) is 29.8 Å². The molecule has 1 aromatic carbocycles. The molecule has 1 aliphatic rings. The summed E-state index contributed by atoms with van der Waals surface area (Å²) in [6.45, 7) is 4.74. The van der Waals surface area contributed by atoms with Crippen LogP contribution in [0.4, 0.5) is 0 Å². The van der Waals surface area contributed by atoms with Crippen LogP contribution in [0.3, 0.4) is 0 Å². The Balaban J connectivity index is 1.99. The Morgan fingerprint density at radius 1 is 1.50 bits per heavy atom. The molecular formula is C15H20N2O3. The zero-order valence-corrected chi connectivity index (χ0v) is 12.1. The zero-order chi connectivity index (χ0) is 14.5. The molecule has 0 unspecified atom stereocenters. The molecule has 108 valence electrons. The van der Waals surface area contributed by atoms with Crippen LogP contribution in [0.25, 0.3) is 0 Å². The lowest BCUT2D eigenvalue weighted by Gasteiger charge is -2.11. The van der Waals surface area contributed by atoms with Crippen molar-refractivity contribution in [2.45, 2.75) is 26.4 Å². The minimum atomic E-state index is -0.548. The van der Waals surface area contributed by atoms with Crippen LogP contribution in [-0.4, -0.2) is 31.4 Å². The zero-order valence-electron chi connectivity index (χ0n) is 12.1. The van der Waals surface area contributed by atoms with Gasteiger partial charge in [0, 0.05) is 18.5 Å². The van der Waals surface area contributed by atoms with Gasteiger partial charge in [0.1, 0.15) is 5.75 Å². The number of nitrogens with zero attached hydrogens (tertiary/aromatic N) is 1. The van der Waals surface area contributed by atoms with Crippen LogP contribution in [0.2, 0.25) is 0 Å². The molecular weight excluding hydrogens is 256 g/mol. The Bertz CT molecular complexity index is 512. The van der Waals surface area contributed by atoms with Crippen molar-refractivity contribution in [1.29, 1.82) is 0 Å². The molecule has 0 saturated heterocycles. The largest absolute Gasteiger partial charge is 0.496 e. The van der Waals surface area contributed by atoms with Gasteiger partial charge in [-0.1, -0.05) is 31.1 Å². The Morgan fingerprint density at radius 2 is 2.25 bits per heavy atom. The van der Waals surface area contributed by atoms with Crippen LogP contribution in [0.15, 0.2) is 29.4 Å². The summed E-state index contributed by atoms with van der Waals surface area (Å²) in [6, 6.07) is 7.58. The molecule has 1 heterocycles. The number of amides is 1. The van der Waals surface area contributed by atoms with E-state index >= 15 is 0 Å². The maximum atomic E-state index is 11.9. The monoisotopic (exact) mass is 276 g/mol. The van der Waals surface area contributed by atoms with E-state index in [2.05, 4.69) is 10.5 Å². The van der Waals surface area contributed by atoms with Gasteiger partial charge in [0.05, 0.1) is 12.8 Å².